The first-order chi connectivity index (χ1) is 10.3. The minimum absolute atomic E-state index is 0. The number of halogens is 1. The van der Waals surface area contributed by atoms with E-state index in [0.717, 1.165) is 32.2 Å². The van der Waals surface area contributed by atoms with Crippen molar-refractivity contribution in [2.45, 2.75) is 32.2 Å². The van der Waals surface area contributed by atoms with Crippen LogP contribution in [0.2, 0.25) is 0 Å². The molecule has 114 valence electrons. The standard InChI is InChI=1S/C7H9N3.C5H7I.C2H3N3.Na.H/c1-2-3-4-6-10-7-5-8-9-10;1-2-3-4-5-6;1-2-4-5-3-1;;/h1,5,7H,3-4,6H2;1H,3-5H2;1-2H,(H,3,4,5);;/q;;;+1;-1. The molecule has 0 bridgehead atoms. The zero-order valence-electron chi connectivity index (χ0n) is 13.8. The molecule has 0 saturated carbocycles. The fourth-order valence-corrected chi connectivity index (χ4v) is 1.41. The number of terminal acetylenes is 2. The third-order valence-corrected chi connectivity index (χ3v) is 2.73. The maximum Gasteiger partial charge on any atom is 1.00 e. The summed E-state index contributed by atoms with van der Waals surface area (Å²) in [5.74, 6) is 5.13. The van der Waals surface area contributed by atoms with Gasteiger partial charge in [0.2, 0.25) is 0 Å². The second-order valence-corrected chi connectivity index (χ2v) is 4.71. The fourth-order valence-electron chi connectivity index (χ4n) is 1.03. The van der Waals surface area contributed by atoms with Gasteiger partial charge in [0.25, 0.3) is 0 Å². The number of rotatable bonds is 5. The summed E-state index contributed by atoms with van der Waals surface area (Å²) in [6, 6.07) is 0. The van der Waals surface area contributed by atoms with Crippen LogP contribution in [0.25, 0.3) is 0 Å². The molecule has 2 aromatic heterocycles. The average molecular weight is 422 g/mol. The Hall–Kier alpha value is -0.870. The summed E-state index contributed by atoms with van der Waals surface area (Å²) >= 11 is 2.32. The number of nitrogens with zero attached hydrogens (tertiary/aromatic N) is 5. The molecule has 0 aliphatic rings. The number of hydrogen-bond donors (Lipinski definition) is 1. The number of nitrogens with one attached hydrogen (secondary N) is 1. The Labute approximate surface area is 169 Å². The van der Waals surface area contributed by atoms with Crippen molar-refractivity contribution in [3.8, 4) is 24.7 Å². The molecule has 0 aromatic carbocycles. The van der Waals surface area contributed by atoms with Gasteiger partial charge >= 0.3 is 29.6 Å². The summed E-state index contributed by atoms with van der Waals surface area (Å²) < 4.78 is 2.96. The molecule has 0 spiro atoms. The Morgan fingerprint density at radius 3 is 2.09 bits per heavy atom. The summed E-state index contributed by atoms with van der Waals surface area (Å²) in [5, 5.41) is 16.8. The van der Waals surface area contributed by atoms with Gasteiger partial charge in [-0.3, -0.25) is 4.68 Å². The van der Waals surface area contributed by atoms with Crippen molar-refractivity contribution in [3.05, 3.63) is 24.8 Å². The number of aryl methyl sites for hydroxylation is 1. The van der Waals surface area contributed by atoms with Gasteiger partial charge in [0.15, 0.2) is 0 Å². The van der Waals surface area contributed by atoms with Crippen LogP contribution in [0.5, 0.6) is 0 Å². The van der Waals surface area contributed by atoms with Crippen molar-refractivity contribution in [2.75, 3.05) is 4.43 Å². The van der Waals surface area contributed by atoms with Gasteiger partial charge in [-0.05, 0) is 12.8 Å². The van der Waals surface area contributed by atoms with Gasteiger partial charge < -0.3 is 1.43 Å². The minimum atomic E-state index is 0. The van der Waals surface area contributed by atoms with E-state index in [1.165, 1.54) is 4.43 Å². The van der Waals surface area contributed by atoms with Crippen LogP contribution in [0.4, 0.5) is 0 Å². The van der Waals surface area contributed by atoms with Crippen molar-refractivity contribution < 1.29 is 31.0 Å². The third-order valence-electron chi connectivity index (χ3n) is 1.97. The summed E-state index contributed by atoms with van der Waals surface area (Å²) in [5.41, 5.74) is 0. The number of alkyl halides is 1. The summed E-state index contributed by atoms with van der Waals surface area (Å²) in [6.45, 7) is 0.865. The Morgan fingerprint density at radius 1 is 1.09 bits per heavy atom. The van der Waals surface area contributed by atoms with Gasteiger partial charge in [-0.15, -0.1) is 29.8 Å². The SMILES string of the molecule is C#CCCCI.C#CCCCn1ccnn1.[H-].[Na+].c1cn[nH]n1. The van der Waals surface area contributed by atoms with Crippen molar-refractivity contribution >= 4 is 22.6 Å². The van der Waals surface area contributed by atoms with Gasteiger partial charge in [-0.25, -0.2) is 0 Å². The van der Waals surface area contributed by atoms with Crippen molar-refractivity contribution in [2.24, 2.45) is 0 Å². The van der Waals surface area contributed by atoms with E-state index in [2.05, 4.69) is 60.2 Å². The molecular formula is C14H20IN6Na. The van der Waals surface area contributed by atoms with Crippen molar-refractivity contribution in [1.82, 2.24) is 30.4 Å². The smallest absolute Gasteiger partial charge is 1.00 e. The molecule has 0 radical (unpaired) electrons. The van der Waals surface area contributed by atoms with E-state index >= 15 is 0 Å². The summed E-state index contributed by atoms with van der Waals surface area (Å²) in [6.07, 6.45) is 20.6. The van der Waals surface area contributed by atoms with Gasteiger partial charge in [0.1, 0.15) is 0 Å². The van der Waals surface area contributed by atoms with E-state index in [1.54, 1.807) is 23.3 Å². The number of unbranched alkanes of at least 4 members (excludes halogenated alkanes) is 2. The summed E-state index contributed by atoms with van der Waals surface area (Å²) in [7, 11) is 0. The Bertz CT molecular complexity index is 475. The number of H-pyrrole nitrogens is 1. The molecule has 2 rings (SSSR count). The first kappa shape index (κ1) is 23.4. The summed E-state index contributed by atoms with van der Waals surface area (Å²) in [4.78, 5) is 0. The molecule has 6 nitrogen and oxygen atoms in total. The van der Waals surface area contributed by atoms with E-state index in [0.29, 0.717) is 0 Å². The fraction of sp³-hybridized carbons (Fsp3) is 0.429. The molecule has 8 heteroatoms. The second kappa shape index (κ2) is 20.1. The monoisotopic (exact) mass is 422 g/mol. The van der Waals surface area contributed by atoms with Gasteiger partial charge in [0, 0.05) is 30.0 Å². The molecule has 0 aliphatic heterocycles. The van der Waals surface area contributed by atoms with E-state index < -0.39 is 0 Å². The van der Waals surface area contributed by atoms with Gasteiger partial charge in [0.05, 0.1) is 18.6 Å². The first-order valence-electron chi connectivity index (χ1n) is 6.41. The minimum Gasteiger partial charge on any atom is -1.00 e. The van der Waals surface area contributed by atoms with Crippen LogP contribution >= 0.6 is 22.6 Å². The largest absolute Gasteiger partial charge is 1.00 e. The molecule has 0 atom stereocenters. The van der Waals surface area contributed by atoms with E-state index in [-0.39, 0.29) is 31.0 Å². The molecule has 0 unspecified atom stereocenters. The van der Waals surface area contributed by atoms with Gasteiger partial charge in [-0.2, -0.15) is 15.4 Å². The molecule has 2 aromatic rings. The Balaban J connectivity index is -0.000000268. The molecule has 0 amide bonds. The van der Waals surface area contributed by atoms with E-state index in [1.807, 2.05) is 6.20 Å². The Kier molecular flexibility index (Phi) is 21.4. The number of aromatic nitrogens is 6. The second-order valence-electron chi connectivity index (χ2n) is 3.63. The van der Waals surface area contributed by atoms with Crippen LogP contribution in [-0.2, 0) is 6.54 Å². The predicted molar refractivity (Wildman–Crippen MR) is 92.5 cm³/mol. The van der Waals surface area contributed by atoms with E-state index in [4.69, 9.17) is 12.8 Å². The molecule has 2 heterocycles. The molecular weight excluding hydrogens is 402 g/mol. The molecule has 22 heavy (non-hydrogen) atoms. The van der Waals surface area contributed by atoms with Crippen LogP contribution in [-0.4, -0.2) is 34.8 Å². The van der Waals surface area contributed by atoms with E-state index in [9.17, 15) is 0 Å². The number of hydrogen-bond acceptors (Lipinski definition) is 4. The zero-order chi connectivity index (χ0) is 15.6. The zero-order valence-corrected chi connectivity index (χ0v) is 17.0. The average Bonchev–Trinajstić information content (AvgIpc) is 3.21. The molecule has 0 aliphatic carbocycles. The predicted octanol–water partition coefficient (Wildman–Crippen LogP) is -0.552. The maximum absolute atomic E-state index is 5.07. The topological polar surface area (TPSA) is 72.3 Å². The van der Waals surface area contributed by atoms with Crippen LogP contribution < -0.4 is 29.6 Å². The maximum atomic E-state index is 5.07. The molecule has 1 N–H and O–H groups in total. The Morgan fingerprint density at radius 2 is 1.73 bits per heavy atom. The molecule has 0 saturated heterocycles. The molecule has 0 fully saturated rings. The third kappa shape index (κ3) is 17.2. The van der Waals surface area contributed by atoms with Crippen LogP contribution in [0.3, 0.4) is 0 Å². The normalized spacial score (nSPS) is 7.95. The van der Waals surface area contributed by atoms with Crippen LogP contribution in [0, 0.1) is 24.7 Å². The first-order valence-corrected chi connectivity index (χ1v) is 7.94. The van der Waals surface area contributed by atoms with Gasteiger partial charge in [-0.1, -0.05) is 27.8 Å². The van der Waals surface area contributed by atoms with Crippen LogP contribution in [0.15, 0.2) is 24.8 Å². The number of aromatic amines is 1. The van der Waals surface area contributed by atoms with Crippen molar-refractivity contribution in [1.29, 1.82) is 0 Å². The van der Waals surface area contributed by atoms with Crippen LogP contribution in [0.1, 0.15) is 27.1 Å². The van der Waals surface area contributed by atoms with Crippen molar-refractivity contribution in [3.63, 3.8) is 0 Å². The quantitative estimate of drug-likeness (QED) is 0.231.